The Kier molecular flexibility index (Phi) is 4.33. The van der Waals surface area contributed by atoms with Crippen molar-refractivity contribution in [2.45, 2.75) is 13.5 Å². The Morgan fingerprint density at radius 1 is 1.17 bits per heavy atom. The van der Waals surface area contributed by atoms with Gasteiger partial charge in [-0.05, 0) is 24.6 Å². The van der Waals surface area contributed by atoms with Gasteiger partial charge in [0.15, 0.2) is 5.82 Å². The standard InChI is InChI=1S/C17H16N4O2/c1-12-9-16(21-23-12)20-17(22)15-8-7-14(11-19-15)18-10-13-5-3-2-4-6-13/h2-9,11,18H,10H2,1H3,(H,20,21,22). The predicted octanol–water partition coefficient (Wildman–Crippen LogP) is 3.24. The zero-order chi connectivity index (χ0) is 16.1. The summed E-state index contributed by atoms with van der Waals surface area (Å²) in [6.45, 7) is 2.46. The summed E-state index contributed by atoms with van der Waals surface area (Å²) in [6.07, 6.45) is 1.63. The number of hydrogen-bond acceptors (Lipinski definition) is 5. The topological polar surface area (TPSA) is 80.0 Å². The van der Waals surface area contributed by atoms with Gasteiger partial charge in [0, 0.05) is 12.6 Å². The highest BCUT2D eigenvalue weighted by Gasteiger charge is 2.10. The third-order valence-electron chi connectivity index (χ3n) is 3.21. The van der Waals surface area contributed by atoms with Crippen molar-refractivity contribution in [1.82, 2.24) is 10.1 Å². The third kappa shape index (κ3) is 3.94. The van der Waals surface area contributed by atoms with E-state index in [-0.39, 0.29) is 5.91 Å². The summed E-state index contributed by atoms with van der Waals surface area (Å²) in [5, 5.41) is 9.60. The van der Waals surface area contributed by atoms with Gasteiger partial charge in [-0.1, -0.05) is 35.5 Å². The normalized spacial score (nSPS) is 10.3. The Balaban J connectivity index is 1.59. The first-order valence-corrected chi connectivity index (χ1v) is 7.19. The van der Waals surface area contributed by atoms with Crippen LogP contribution < -0.4 is 10.6 Å². The summed E-state index contributed by atoms with van der Waals surface area (Å²) in [6, 6.07) is 15.2. The summed E-state index contributed by atoms with van der Waals surface area (Å²) in [4.78, 5) is 16.2. The first-order chi connectivity index (χ1) is 11.2. The average Bonchev–Trinajstić information content (AvgIpc) is 2.99. The molecule has 3 rings (SSSR count). The molecule has 0 saturated carbocycles. The summed E-state index contributed by atoms with van der Waals surface area (Å²) < 4.78 is 4.90. The lowest BCUT2D eigenvalue weighted by atomic mass is 10.2. The molecule has 0 aliphatic rings. The minimum Gasteiger partial charge on any atom is -0.380 e. The van der Waals surface area contributed by atoms with Crippen LogP contribution in [0.5, 0.6) is 0 Å². The zero-order valence-corrected chi connectivity index (χ0v) is 12.6. The fraction of sp³-hybridized carbons (Fsp3) is 0.118. The predicted molar refractivity (Wildman–Crippen MR) is 87.2 cm³/mol. The Bertz CT molecular complexity index is 782. The van der Waals surface area contributed by atoms with Crippen LogP contribution in [-0.4, -0.2) is 16.0 Å². The van der Waals surface area contributed by atoms with Crippen LogP contribution in [0.1, 0.15) is 21.8 Å². The molecule has 23 heavy (non-hydrogen) atoms. The largest absolute Gasteiger partial charge is 0.380 e. The molecule has 0 saturated heterocycles. The van der Waals surface area contributed by atoms with E-state index in [4.69, 9.17) is 4.52 Å². The minimum absolute atomic E-state index is 0.316. The molecule has 0 aliphatic heterocycles. The second-order valence-electron chi connectivity index (χ2n) is 5.05. The van der Waals surface area contributed by atoms with Crippen molar-refractivity contribution >= 4 is 17.4 Å². The van der Waals surface area contributed by atoms with Crippen LogP contribution in [0.2, 0.25) is 0 Å². The van der Waals surface area contributed by atoms with Gasteiger partial charge < -0.3 is 15.2 Å². The van der Waals surface area contributed by atoms with Gasteiger partial charge in [-0.25, -0.2) is 4.98 Å². The van der Waals surface area contributed by atoms with Gasteiger partial charge in [-0.3, -0.25) is 4.79 Å². The fourth-order valence-corrected chi connectivity index (χ4v) is 2.04. The number of carbonyl (C=O) groups is 1. The number of anilines is 2. The molecule has 2 N–H and O–H groups in total. The molecule has 0 unspecified atom stereocenters. The lowest BCUT2D eigenvalue weighted by molar-refractivity contribution is 0.102. The molecule has 0 atom stereocenters. The SMILES string of the molecule is Cc1cc(NC(=O)c2ccc(NCc3ccccc3)cn2)no1. The van der Waals surface area contributed by atoms with E-state index in [0.717, 1.165) is 5.69 Å². The van der Waals surface area contributed by atoms with Crippen LogP contribution in [-0.2, 0) is 6.54 Å². The van der Waals surface area contributed by atoms with Crippen LogP contribution in [0.4, 0.5) is 11.5 Å². The van der Waals surface area contributed by atoms with Crippen molar-refractivity contribution in [2.75, 3.05) is 10.6 Å². The molecule has 116 valence electrons. The zero-order valence-electron chi connectivity index (χ0n) is 12.6. The molecule has 0 bridgehead atoms. The molecule has 0 radical (unpaired) electrons. The maximum atomic E-state index is 12.0. The summed E-state index contributed by atoms with van der Waals surface area (Å²) >= 11 is 0. The molecule has 0 spiro atoms. The van der Waals surface area contributed by atoms with E-state index in [2.05, 4.69) is 20.8 Å². The Labute approximate surface area is 133 Å². The van der Waals surface area contributed by atoms with Gasteiger partial charge in [0.1, 0.15) is 11.5 Å². The summed E-state index contributed by atoms with van der Waals surface area (Å²) in [5.41, 5.74) is 2.34. The molecular formula is C17H16N4O2. The molecular weight excluding hydrogens is 292 g/mol. The molecule has 3 aromatic rings. The molecule has 0 aliphatic carbocycles. The number of pyridine rings is 1. The van der Waals surface area contributed by atoms with E-state index in [1.807, 2.05) is 36.4 Å². The van der Waals surface area contributed by atoms with Crippen molar-refractivity contribution in [3.8, 4) is 0 Å². The number of rotatable bonds is 5. The van der Waals surface area contributed by atoms with E-state index in [0.29, 0.717) is 23.8 Å². The smallest absolute Gasteiger partial charge is 0.275 e. The fourth-order valence-electron chi connectivity index (χ4n) is 2.04. The lowest BCUT2D eigenvalue weighted by Crippen LogP contribution is -2.14. The molecule has 0 fully saturated rings. The van der Waals surface area contributed by atoms with Crippen molar-refractivity contribution in [3.63, 3.8) is 0 Å². The number of hydrogen-bond donors (Lipinski definition) is 2. The van der Waals surface area contributed by atoms with Gasteiger partial charge >= 0.3 is 0 Å². The van der Waals surface area contributed by atoms with Crippen LogP contribution in [0, 0.1) is 6.92 Å². The minimum atomic E-state index is -0.326. The number of carbonyl (C=O) groups excluding carboxylic acids is 1. The quantitative estimate of drug-likeness (QED) is 0.756. The number of nitrogens with one attached hydrogen (secondary N) is 2. The molecule has 6 heteroatoms. The van der Waals surface area contributed by atoms with Crippen LogP contribution in [0.25, 0.3) is 0 Å². The van der Waals surface area contributed by atoms with Gasteiger partial charge in [0.25, 0.3) is 5.91 Å². The van der Waals surface area contributed by atoms with Gasteiger partial charge in [0.2, 0.25) is 0 Å². The average molecular weight is 308 g/mol. The molecule has 2 heterocycles. The maximum Gasteiger partial charge on any atom is 0.275 e. The molecule has 6 nitrogen and oxygen atoms in total. The highest BCUT2D eigenvalue weighted by Crippen LogP contribution is 2.11. The number of amides is 1. The second kappa shape index (κ2) is 6.74. The first-order valence-electron chi connectivity index (χ1n) is 7.19. The van der Waals surface area contributed by atoms with E-state index in [9.17, 15) is 4.79 Å². The highest BCUT2D eigenvalue weighted by molar-refractivity contribution is 6.02. The van der Waals surface area contributed by atoms with Crippen molar-refractivity contribution in [1.29, 1.82) is 0 Å². The van der Waals surface area contributed by atoms with E-state index < -0.39 is 0 Å². The van der Waals surface area contributed by atoms with Gasteiger partial charge in [0.05, 0.1) is 11.9 Å². The first kappa shape index (κ1) is 14.8. The Hall–Kier alpha value is -3.15. The monoisotopic (exact) mass is 308 g/mol. The van der Waals surface area contributed by atoms with Crippen molar-refractivity contribution < 1.29 is 9.32 Å². The number of benzene rings is 1. The maximum absolute atomic E-state index is 12.0. The van der Waals surface area contributed by atoms with E-state index in [1.54, 1.807) is 25.3 Å². The molecule has 1 amide bonds. The number of aryl methyl sites for hydroxylation is 1. The highest BCUT2D eigenvalue weighted by atomic mass is 16.5. The van der Waals surface area contributed by atoms with Crippen molar-refractivity contribution in [3.05, 3.63) is 71.7 Å². The Morgan fingerprint density at radius 3 is 2.65 bits per heavy atom. The Morgan fingerprint density at radius 2 is 2.00 bits per heavy atom. The van der Waals surface area contributed by atoms with Gasteiger partial charge in [-0.15, -0.1) is 0 Å². The second-order valence-corrected chi connectivity index (χ2v) is 5.05. The molecule has 1 aromatic carbocycles. The van der Waals surface area contributed by atoms with Crippen LogP contribution in [0.15, 0.2) is 59.3 Å². The van der Waals surface area contributed by atoms with Crippen molar-refractivity contribution in [2.24, 2.45) is 0 Å². The van der Waals surface area contributed by atoms with Crippen LogP contribution in [0.3, 0.4) is 0 Å². The number of nitrogens with zero attached hydrogens (tertiary/aromatic N) is 2. The third-order valence-corrected chi connectivity index (χ3v) is 3.21. The summed E-state index contributed by atoms with van der Waals surface area (Å²) in [5.74, 6) is 0.683. The van der Waals surface area contributed by atoms with Crippen LogP contribution >= 0.6 is 0 Å². The lowest BCUT2D eigenvalue weighted by Gasteiger charge is -2.07. The van der Waals surface area contributed by atoms with Gasteiger partial charge in [-0.2, -0.15) is 0 Å². The van der Waals surface area contributed by atoms with E-state index >= 15 is 0 Å². The molecule has 2 aromatic heterocycles. The number of aromatic nitrogens is 2. The van der Waals surface area contributed by atoms with E-state index in [1.165, 1.54) is 5.56 Å². The summed E-state index contributed by atoms with van der Waals surface area (Å²) in [7, 11) is 0.